The van der Waals surface area contributed by atoms with Crippen molar-refractivity contribution in [3.8, 4) is 11.4 Å². The van der Waals surface area contributed by atoms with Gasteiger partial charge in [-0.3, -0.25) is 4.98 Å². The van der Waals surface area contributed by atoms with Crippen LogP contribution in [0.5, 0.6) is 0 Å². The molecule has 2 heterocycles. The van der Waals surface area contributed by atoms with Gasteiger partial charge in [0.05, 0.1) is 22.6 Å². The number of nitrogens with zero attached hydrogens (tertiary/aromatic N) is 2. The molecule has 0 radical (unpaired) electrons. The highest BCUT2D eigenvalue weighted by atomic mass is 19.4. The molecule has 0 saturated carbocycles. The number of alkyl halides is 3. The molecule has 0 unspecified atom stereocenters. The van der Waals surface area contributed by atoms with E-state index in [1.807, 2.05) is 0 Å². The summed E-state index contributed by atoms with van der Waals surface area (Å²) in [5.41, 5.74) is 3.95. The van der Waals surface area contributed by atoms with Crippen molar-refractivity contribution >= 4 is 11.7 Å². The highest BCUT2D eigenvalue weighted by molar-refractivity contribution is 5.92. The molecule has 2 aromatic rings. The predicted molar refractivity (Wildman–Crippen MR) is 63.8 cm³/mol. The number of carboxylic acid groups (broad SMARTS) is 1. The first kappa shape index (κ1) is 13.8. The zero-order valence-corrected chi connectivity index (χ0v) is 9.85. The Morgan fingerprint density at radius 1 is 1.20 bits per heavy atom. The maximum absolute atomic E-state index is 12.6. The number of anilines is 1. The summed E-state index contributed by atoms with van der Waals surface area (Å²) >= 11 is 0. The van der Waals surface area contributed by atoms with Crippen molar-refractivity contribution in [1.29, 1.82) is 0 Å². The third-order valence-corrected chi connectivity index (χ3v) is 2.48. The number of hydrogen-bond donors (Lipinski definition) is 2. The summed E-state index contributed by atoms with van der Waals surface area (Å²) in [6.07, 6.45) is -3.53. The molecule has 2 aromatic heterocycles. The molecule has 5 nitrogen and oxygen atoms in total. The Kier molecular flexibility index (Phi) is 3.31. The summed E-state index contributed by atoms with van der Waals surface area (Å²) in [5.74, 6) is -1.36. The van der Waals surface area contributed by atoms with Crippen LogP contribution in [0.4, 0.5) is 18.9 Å². The third-order valence-electron chi connectivity index (χ3n) is 2.48. The zero-order valence-electron chi connectivity index (χ0n) is 9.85. The van der Waals surface area contributed by atoms with E-state index in [0.717, 1.165) is 18.3 Å². The lowest BCUT2D eigenvalue weighted by Crippen LogP contribution is -2.08. The van der Waals surface area contributed by atoms with Gasteiger partial charge in [0.1, 0.15) is 0 Å². The molecule has 0 saturated heterocycles. The first-order valence-corrected chi connectivity index (χ1v) is 5.32. The van der Waals surface area contributed by atoms with Crippen molar-refractivity contribution in [1.82, 2.24) is 9.97 Å². The number of nitrogen functional groups attached to an aromatic ring is 1. The largest absolute Gasteiger partial charge is 0.476 e. The van der Waals surface area contributed by atoms with Crippen molar-refractivity contribution < 1.29 is 23.1 Å². The maximum atomic E-state index is 12.6. The normalized spacial score (nSPS) is 11.3. The van der Waals surface area contributed by atoms with E-state index < -0.39 is 23.4 Å². The van der Waals surface area contributed by atoms with Crippen LogP contribution in [0.25, 0.3) is 11.4 Å². The molecule has 0 spiro atoms. The monoisotopic (exact) mass is 283 g/mol. The summed E-state index contributed by atoms with van der Waals surface area (Å²) in [7, 11) is 0. The number of aromatic carboxylic acids is 1. The lowest BCUT2D eigenvalue weighted by molar-refractivity contribution is -0.137. The number of nitrogens with two attached hydrogens (primary N) is 1. The molecule has 0 atom stereocenters. The number of rotatable bonds is 2. The fraction of sp³-hybridized carbons (Fsp3) is 0.0833. The molecule has 0 aromatic carbocycles. The van der Waals surface area contributed by atoms with Crippen LogP contribution in [0, 0.1) is 0 Å². The minimum absolute atomic E-state index is 0.00250. The Hall–Kier alpha value is -2.64. The number of carboxylic acids is 1. The van der Waals surface area contributed by atoms with E-state index in [0.29, 0.717) is 0 Å². The standard InChI is InChI=1S/C12H8F3N3O2/c13-12(14,15)6-3-4-17-9(5-6)8-2-1-7(16)10(18-8)11(19)20/h1-5H,16H2,(H,19,20). The number of pyridine rings is 2. The Labute approximate surface area is 110 Å². The molecule has 104 valence electrons. The molecule has 0 aliphatic heterocycles. The maximum Gasteiger partial charge on any atom is 0.416 e. The Balaban J connectivity index is 2.52. The minimum Gasteiger partial charge on any atom is -0.476 e. The molecular formula is C12H8F3N3O2. The second kappa shape index (κ2) is 4.80. The van der Waals surface area contributed by atoms with E-state index in [1.165, 1.54) is 12.1 Å². The van der Waals surface area contributed by atoms with Crippen molar-refractivity contribution in [2.45, 2.75) is 6.18 Å². The first-order chi connectivity index (χ1) is 9.29. The number of hydrogen-bond acceptors (Lipinski definition) is 4. The molecule has 2 rings (SSSR count). The van der Waals surface area contributed by atoms with Gasteiger partial charge in [-0.15, -0.1) is 0 Å². The molecule has 0 aliphatic rings. The van der Waals surface area contributed by atoms with Crippen LogP contribution in [0.2, 0.25) is 0 Å². The molecule has 0 aliphatic carbocycles. The molecule has 0 amide bonds. The van der Waals surface area contributed by atoms with Gasteiger partial charge in [0.2, 0.25) is 0 Å². The van der Waals surface area contributed by atoms with Crippen molar-refractivity contribution in [3.05, 3.63) is 41.7 Å². The molecule has 20 heavy (non-hydrogen) atoms. The number of halogens is 3. The smallest absolute Gasteiger partial charge is 0.416 e. The quantitative estimate of drug-likeness (QED) is 0.883. The van der Waals surface area contributed by atoms with Gasteiger partial charge >= 0.3 is 12.1 Å². The Morgan fingerprint density at radius 2 is 1.90 bits per heavy atom. The van der Waals surface area contributed by atoms with Gasteiger partial charge in [0.25, 0.3) is 0 Å². The van der Waals surface area contributed by atoms with Crippen LogP contribution in [-0.2, 0) is 6.18 Å². The Morgan fingerprint density at radius 3 is 2.50 bits per heavy atom. The van der Waals surface area contributed by atoms with Gasteiger partial charge in [-0.05, 0) is 24.3 Å². The lowest BCUT2D eigenvalue weighted by Gasteiger charge is -2.08. The molecule has 0 bridgehead atoms. The molecule has 8 heteroatoms. The Bertz CT molecular complexity index is 671. The van der Waals surface area contributed by atoms with E-state index in [9.17, 15) is 18.0 Å². The van der Waals surface area contributed by atoms with E-state index in [1.54, 1.807) is 0 Å². The predicted octanol–water partition coefficient (Wildman–Crippen LogP) is 2.44. The van der Waals surface area contributed by atoms with Gasteiger partial charge in [0.15, 0.2) is 5.69 Å². The summed E-state index contributed by atoms with van der Waals surface area (Å²) in [4.78, 5) is 18.4. The average Bonchev–Trinajstić information content (AvgIpc) is 2.38. The van der Waals surface area contributed by atoms with Gasteiger partial charge in [-0.2, -0.15) is 13.2 Å². The van der Waals surface area contributed by atoms with E-state index in [4.69, 9.17) is 10.8 Å². The summed E-state index contributed by atoms with van der Waals surface area (Å²) in [6.45, 7) is 0. The highest BCUT2D eigenvalue weighted by Gasteiger charge is 2.31. The zero-order chi connectivity index (χ0) is 14.9. The van der Waals surface area contributed by atoms with Gasteiger partial charge in [0, 0.05) is 6.20 Å². The number of carbonyl (C=O) groups is 1. The lowest BCUT2D eigenvalue weighted by atomic mass is 10.1. The van der Waals surface area contributed by atoms with E-state index >= 15 is 0 Å². The van der Waals surface area contributed by atoms with Gasteiger partial charge in [-0.1, -0.05) is 0 Å². The second-order valence-corrected chi connectivity index (χ2v) is 3.87. The summed E-state index contributed by atoms with van der Waals surface area (Å²) in [6, 6.07) is 4.18. The first-order valence-electron chi connectivity index (χ1n) is 5.32. The summed E-state index contributed by atoms with van der Waals surface area (Å²) < 4.78 is 37.8. The number of aromatic nitrogens is 2. The van der Waals surface area contributed by atoms with Crippen LogP contribution in [-0.4, -0.2) is 21.0 Å². The van der Waals surface area contributed by atoms with Crippen molar-refractivity contribution in [2.75, 3.05) is 5.73 Å². The van der Waals surface area contributed by atoms with Crippen molar-refractivity contribution in [3.63, 3.8) is 0 Å². The van der Waals surface area contributed by atoms with E-state index in [-0.39, 0.29) is 17.1 Å². The molecule has 0 fully saturated rings. The highest BCUT2D eigenvalue weighted by Crippen LogP contribution is 2.31. The van der Waals surface area contributed by atoms with Crippen LogP contribution in [0.1, 0.15) is 16.1 Å². The topological polar surface area (TPSA) is 89.1 Å². The van der Waals surface area contributed by atoms with Crippen LogP contribution >= 0.6 is 0 Å². The minimum atomic E-state index is -4.51. The fourth-order valence-electron chi connectivity index (χ4n) is 1.53. The van der Waals surface area contributed by atoms with Crippen LogP contribution in [0.15, 0.2) is 30.5 Å². The SMILES string of the molecule is Nc1ccc(-c2cc(C(F)(F)F)ccn2)nc1C(=O)O. The van der Waals surface area contributed by atoms with Crippen molar-refractivity contribution in [2.24, 2.45) is 0 Å². The third kappa shape index (κ3) is 2.68. The molecule has 3 N–H and O–H groups in total. The van der Waals surface area contributed by atoms with Gasteiger partial charge < -0.3 is 10.8 Å². The van der Waals surface area contributed by atoms with E-state index in [2.05, 4.69) is 9.97 Å². The average molecular weight is 283 g/mol. The molecular weight excluding hydrogens is 275 g/mol. The second-order valence-electron chi connectivity index (χ2n) is 3.87. The van der Waals surface area contributed by atoms with Gasteiger partial charge in [-0.25, -0.2) is 9.78 Å². The summed E-state index contributed by atoms with van der Waals surface area (Å²) in [5, 5.41) is 8.88. The van der Waals surface area contributed by atoms with Crippen LogP contribution in [0.3, 0.4) is 0 Å². The fourth-order valence-corrected chi connectivity index (χ4v) is 1.53. The van der Waals surface area contributed by atoms with Crippen LogP contribution < -0.4 is 5.73 Å².